The van der Waals surface area contributed by atoms with E-state index in [0.29, 0.717) is 0 Å². The van der Waals surface area contributed by atoms with E-state index in [4.69, 9.17) is 0 Å². The summed E-state index contributed by atoms with van der Waals surface area (Å²) in [7, 11) is 1.95. The highest BCUT2D eigenvalue weighted by Gasteiger charge is 2.04. The summed E-state index contributed by atoms with van der Waals surface area (Å²) in [5, 5.41) is 11.4. The van der Waals surface area contributed by atoms with Gasteiger partial charge in [0.2, 0.25) is 0 Å². The number of rotatable bonds is 5. The molecule has 0 saturated heterocycles. The highest BCUT2D eigenvalue weighted by molar-refractivity contribution is 5.62. The minimum atomic E-state index is 0.893. The second-order valence-electron chi connectivity index (χ2n) is 4.13. The van der Waals surface area contributed by atoms with Crippen LogP contribution in [0.2, 0.25) is 0 Å². The summed E-state index contributed by atoms with van der Waals surface area (Å²) in [6, 6.07) is 8.28. The SMILES string of the molecule is CCCCNc1cccc(-c2nncn2C)c1. The zero-order valence-electron chi connectivity index (χ0n) is 10.3. The van der Waals surface area contributed by atoms with E-state index in [9.17, 15) is 0 Å². The standard InChI is InChI=1S/C13H18N4/c1-3-4-8-14-12-7-5-6-11(9-12)13-16-15-10-17(13)2/h5-7,9-10,14H,3-4,8H2,1-2H3. The van der Waals surface area contributed by atoms with Gasteiger partial charge in [0.15, 0.2) is 5.82 Å². The van der Waals surface area contributed by atoms with Crippen molar-refractivity contribution in [3.63, 3.8) is 0 Å². The van der Waals surface area contributed by atoms with Crippen molar-refractivity contribution in [1.82, 2.24) is 14.8 Å². The van der Waals surface area contributed by atoms with E-state index in [-0.39, 0.29) is 0 Å². The van der Waals surface area contributed by atoms with Gasteiger partial charge in [-0.2, -0.15) is 0 Å². The van der Waals surface area contributed by atoms with Gasteiger partial charge in [0.25, 0.3) is 0 Å². The van der Waals surface area contributed by atoms with E-state index >= 15 is 0 Å². The minimum absolute atomic E-state index is 0.893. The highest BCUT2D eigenvalue weighted by atomic mass is 15.2. The molecule has 0 spiro atoms. The molecule has 0 atom stereocenters. The van der Waals surface area contributed by atoms with Crippen molar-refractivity contribution < 1.29 is 0 Å². The van der Waals surface area contributed by atoms with Crippen LogP contribution in [0.25, 0.3) is 11.4 Å². The maximum Gasteiger partial charge on any atom is 0.163 e. The van der Waals surface area contributed by atoms with Gasteiger partial charge in [-0.3, -0.25) is 0 Å². The molecule has 0 aliphatic rings. The van der Waals surface area contributed by atoms with Crippen LogP contribution in [0.1, 0.15) is 19.8 Å². The fourth-order valence-corrected chi connectivity index (χ4v) is 1.72. The summed E-state index contributed by atoms with van der Waals surface area (Å²) in [5.74, 6) is 0.893. The number of aryl methyl sites for hydroxylation is 1. The van der Waals surface area contributed by atoms with Crippen LogP contribution in [0, 0.1) is 0 Å². The molecule has 0 bridgehead atoms. The monoisotopic (exact) mass is 230 g/mol. The number of unbranched alkanes of at least 4 members (excludes halogenated alkanes) is 1. The van der Waals surface area contributed by atoms with Crippen molar-refractivity contribution in [3.8, 4) is 11.4 Å². The van der Waals surface area contributed by atoms with Crippen LogP contribution >= 0.6 is 0 Å². The Morgan fingerprint density at radius 2 is 2.24 bits per heavy atom. The number of hydrogen-bond donors (Lipinski definition) is 1. The average molecular weight is 230 g/mol. The van der Waals surface area contributed by atoms with Crippen LogP contribution in [0.3, 0.4) is 0 Å². The van der Waals surface area contributed by atoms with Crippen molar-refractivity contribution >= 4 is 5.69 Å². The molecular weight excluding hydrogens is 212 g/mol. The van der Waals surface area contributed by atoms with Crippen LogP contribution in [0.15, 0.2) is 30.6 Å². The fraction of sp³-hybridized carbons (Fsp3) is 0.385. The third-order valence-electron chi connectivity index (χ3n) is 2.69. The predicted molar refractivity (Wildman–Crippen MR) is 69.8 cm³/mol. The van der Waals surface area contributed by atoms with E-state index in [2.05, 4.69) is 40.6 Å². The Morgan fingerprint density at radius 3 is 2.94 bits per heavy atom. The Morgan fingerprint density at radius 1 is 1.35 bits per heavy atom. The summed E-state index contributed by atoms with van der Waals surface area (Å²) < 4.78 is 1.92. The quantitative estimate of drug-likeness (QED) is 0.803. The second-order valence-corrected chi connectivity index (χ2v) is 4.13. The van der Waals surface area contributed by atoms with Gasteiger partial charge in [0.05, 0.1) is 0 Å². The van der Waals surface area contributed by atoms with Crippen LogP contribution in [0.5, 0.6) is 0 Å². The Kier molecular flexibility index (Phi) is 3.75. The summed E-state index contributed by atoms with van der Waals surface area (Å²) in [6.07, 6.45) is 4.11. The topological polar surface area (TPSA) is 42.7 Å². The second kappa shape index (κ2) is 5.48. The predicted octanol–water partition coefficient (Wildman–Crippen LogP) is 2.69. The molecule has 0 aliphatic carbocycles. The van der Waals surface area contributed by atoms with Gasteiger partial charge in [0, 0.05) is 24.8 Å². The molecule has 17 heavy (non-hydrogen) atoms. The van der Waals surface area contributed by atoms with Crippen LogP contribution < -0.4 is 5.32 Å². The van der Waals surface area contributed by atoms with Gasteiger partial charge < -0.3 is 9.88 Å². The summed E-state index contributed by atoms with van der Waals surface area (Å²) in [5.41, 5.74) is 2.23. The number of nitrogens with one attached hydrogen (secondary N) is 1. The Hall–Kier alpha value is -1.84. The van der Waals surface area contributed by atoms with Gasteiger partial charge in [-0.1, -0.05) is 25.5 Å². The van der Waals surface area contributed by atoms with Crippen molar-refractivity contribution in [2.75, 3.05) is 11.9 Å². The molecule has 0 saturated carbocycles. The fourth-order valence-electron chi connectivity index (χ4n) is 1.72. The average Bonchev–Trinajstić information content (AvgIpc) is 2.76. The maximum atomic E-state index is 4.11. The number of hydrogen-bond acceptors (Lipinski definition) is 3. The van der Waals surface area contributed by atoms with Gasteiger partial charge in [-0.15, -0.1) is 10.2 Å². The Bertz CT molecular complexity index is 476. The molecule has 0 radical (unpaired) electrons. The number of benzene rings is 1. The molecule has 4 nitrogen and oxygen atoms in total. The smallest absolute Gasteiger partial charge is 0.163 e. The zero-order valence-corrected chi connectivity index (χ0v) is 10.3. The maximum absolute atomic E-state index is 4.11. The molecule has 1 aromatic carbocycles. The lowest BCUT2D eigenvalue weighted by atomic mass is 10.2. The van der Waals surface area contributed by atoms with Gasteiger partial charge in [-0.05, 0) is 18.6 Å². The van der Waals surface area contributed by atoms with E-state index in [1.807, 2.05) is 17.7 Å². The molecule has 0 amide bonds. The van der Waals surface area contributed by atoms with E-state index in [1.54, 1.807) is 6.33 Å². The van der Waals surface area contributed by atoms with Crippen molar-refractivity contribution in [2.45, 2.75) is 19.8 Å². The molecule has 2 rings (SSSR count). The van der Waals surface area contributed by atoms with E-state index in [1.165, 1.54) is 12.8 Å². The number of nitrogens with zero attached hydrogens (tertiary/aromatic N) is 3. The Labute approximate surface area is 102 Å². The third kappa shape index (κ3) is 2.84. The Balaban J connectivity index is 2.14. The number of aromatic nitrogens is 3. The molecule has 0 fully saturated rings. The molecule has 2 aromatic rings. The minimum Gasteiger partial charge on any atom is -0.385 e. The first-order valence-corrected chi connectivity index (χ1v) is 5.99. The van der Waals surface area contributed by atoms with Crippen LogP contribution in [-0.4, -0.2) is 21.3 Å². The van der Waals surface area contributed by atoms with E-state index < -0.39 is 0 Å². The highest BCUT2D eigenvalue weighted by Crippen LogP contribution is 2.19. The molecule has 1 aromatic heterocycles. The van der Waals surface area contributed by atoms with Crippen LogP contribution in [0.4, 0.5) is 5.69 Å². The molecule has 0 unspecified atom stereocenters. The molecular formula is C13H18N4. The zero-order chi connectivity index (χ0) is 12.1. The molecule has 1 heterocycles. The third-order valence-corrected chi connectivity index (χ3v) is 2.69. The lowest BCUT2D eigenvalue weighted by Gasteiger charge is -2.07. The first-order valence-electron chi connectivity index (χ1n) is 5.99. The number of anilines is 1. The molecule has 1 N–H and O–H groups in total. The largest absolute Gasteiger partial charge is 0.385 e. The summed E-state index contributed by atoms with van der Waals surface area (Å²) in [4.78, 5) is 0. The first kappa shape index (κ1) is 11.6. The van der Waals surface area contributed by atoms with Gasteiger partial charge >= 0.3 is 0 Å². The van der Waals surface area contributed by atoms with Crippen molar-refractivity contribution in [2.24, 2.45) is 7.05 Å². The molecule has 90 valence electrons. The van der Waals surface area contributed by atoms with Gasteiger partial charge in [0.1, 0.15) is 6.33 Å². The molecule has 4 heteroatoms. The van der Waals surface area contributed by atoms with Crippen molar-refractivity contribution in [1.29, 1.82) is 0 Å². The first-order chi connectivity index (χ1) is 8.31. The summed E-state index contributed by atoms with van der Waals surface area (Å²) in [6.45, 7) is 3.20. The lowest BCUT2D eigenvalue weighted by molar-refractivity contribution is 0.834. The van der Waals surface area contributed by atoms with Crippen LogP contribution in [-0.2, 0) is 7.05 Å². The van der Waals surface area contributed by atoms with E-state index in [0.717, 1.165) is 23.6 Å². The lowest BCUT2D eigenvalue weighted by Crippen LogP contribution is -2.01. The molecule has 0 aliphatic heterocycles. The summed E-state index contributed by atoms with van der Waals surface area (Å²) >= 11 is 0. The normalized spacial score (nSPS) is 10.5. The van der Waals surface area contributed by atoms with Crippen molar-refractivity contribution in [3.05, 3.63) is 30.6 Å². The van der Waals surface area contributed by atoms with Gasteiger partial charge in [-0.25, -0.2) is 0 Å².